The Bertz CT molecular complexity index is 1330. The van der Waals surface area contributed by atoms with Crippen LogP contribution in [0.15, 0.2) is 60.8 Å². The molecule has 6 nitrogen and oxygen atoms in total. The highest BCUT2D eigenvalue weighted by molar-refractivity contribution is 5.71. The predicted octanol–water partition coefficient (Wildman–Crippen LogP) is 21.9. The maximum atomic E-state index is 12.9. The largest absolute Gasteiger partial charge is 0.462 e. The number of allylic oxidation sites excluding steroid dienone is 10. The molecule has 0 aromatic heterocycles. The Kier molecular flexibility index (Phi) is 60.2. The lowest BCUT2D eigenvalue weighted by Gasteiger charge is -2.18. The molecule has 430 valence electrons. The smallest absolute Gasteiger partial charge is 0.306 e. The van der Waals surface area contributed by atoms with Gasteiger partial charge in [0, 0.05) is 19.3 Å². The molecule has 0 rings (SSSR count). The fourth-order valence-electron chi connectivity index (χ4n) is 9.32. The van der Waals surface area contributed by atoms with Crippen LogP contribution in [0, 0.1) is 0 Å². The highest BCUT2D eigenvalue weighted by Gasteiger charge is 2.19. The number of carbonyl (C=O) groups is 3. The molecule has 0 saturated heterocycles. The molecule has 0 aliphatic heterocycles. The molecule has 74 heavy (non-hydrogen) atoms. The van der Waals surface area contributed by atoms with Gasteiger partial charge in [0.1, 0.15) is 13.2 Å². The standard InChI is InChI=1S/C68H122O6/c1-4-7-10-13-16-19-22-25-27-28-29-30-31-32-33-34-35-36-37-38-39-40-41-44-46-49-52-55-58-61-67(70)73-64-65(63-72-66(69)60-57-54-51-48-45-42-24-21-18-15-12-9-6-3)74-68(71)62-59-56-53-50-47-43-26-23-20-17-14-11-8-5-2/h12,14-15,17,21,23-24,26,28-29,65H,4-11,13,16,18-20,22,25,27,30-64H2,1-3H3/b15-12-,17-14-,24-21-,26-23-,29-28-. The predicted molar refractivity (Wildman–Crippen MR) is 321 cm³/mol. The minimum absolute atomic E-state index is 0.0822. The normalized spacial score (nSPS) is 12.4. The van der Waals surface area contributed by atoms with Crippen LogP contribution in [-0.4, -0.2) is 37.2 Å². The van der Waals surface area contributed by atoms with E-state index in [2.05, 4.69) is 81.5 Å². The molecule has 0 N–H and O–H groups in total. The van der Waals surface area contributed by atoms with Crippen LogP contribution in [0.2, 0.25) is 0 Å². The van der Waals surface area contributed by atoms with E-state index in [0.717, 1.165) is 109 Å². The van der Waals surface area contributed by atoms with E-state index >= 15 is 0 Å². The first-order valence-corrected chi connectivity index (χ1v) is 32.3. The highest BCUT2D eigenvalue weighted by atomic mass is 16.6. The van der Waals surface area contributed by atoms with E-state index in [4.69, 9.17) is 14.2 Å². The molecule has 0 radical (unpaired) electrons. The van der Waals surface area contributed by atoms with Gasteiger partial charge in [0.2, 0.25) is 0 Å². The van der Waals surface area contributed by atoms with Gasteiger partial charge >= 0.3 is 17.9 Å². The van der Waals surface area contributed by atoms with Gasteiger partial charge in [-0.05, 0) is 96.3 Å². The second-order valence-electron chi connectivity index (χ2n) is 21.7. The van der Waals surface area contributed by atoms with Crippen LogP contribution < -0.4 is 0 Å². The lowest BCUT2D eigenvalue weighted by molar-refractivity contribution is -0.167. The van der Waals surface area contributed by atoms with Crippen molar-refractivity contribution in [3.8, 4) is 0 Å². The Hall–Kier alpha value is -2.89. The third kappa shape index (κ3) is 60.0. The van der Waals surface area contributed by atoms with Crippen molar-refractivity contribution in [3.05, 3.63) is 60.8 Å². The number of hydrogen-bond acceptors (Lipinski definition) is 6. The van der Waals surface area contributed by atoms with Gasteiger partial charge in [0.15, 0.2) is 6.10 Å². The molecule has 0 aliphatic rings. The molecule has 0 heterocycles. The van der Waals surface area contributed by atoms with E-state index < -0.39 is 6.10 Å². The second-order valence-corrected chi connectivity index (χ2v) is 21.7. The van der Waals surface area contributed by atoms with Gasteiger partial charge < -0.3 is 14.2 Å². The van der Waals surface area contributed by atoms with Gasteiger partial charge in [-0.1, -0.05) is 281 Å². The van der Waals surface area contributed by atoms with E-state index in [1.165, 1.54) is 186 Å². The molecule has 0 saturated carbocycles. The molecule has 1 unspecified atom stereocenters. The fourth-order valence-corrected chi connectivity index (χ4v) is 9.32. The van der Waals surface area contributed by atoms with Gasteiger partial charge in [-0.25, -0.2) is 0 Å². The molecule has 0 aliphatic carbocycles. The first-order valence-electron chi connectivity index (χ1n) is 32.3. The Balaban J connectivity index is 4.17. The van der Waals surface area contributed by atoms with E-state index in [-0.39, 0.29) is 31.1 Å². The first kappa shape index (κ1) is 71.1. The van der Waals surface area contributed by atoms with Crippen molar-refractivity contribution < 1.29 is 28.6 Å². The summed E-state index contributed by atoms with van der Waals surface area (Å²) in [5.74, 6) is -0.897. The maximum Gasteiger partial charge on any atom is 0.306 e. The quantitative estimate of drug-likeness (QED) is 0.0261. The molecule has 0 amide bonds. The molecule has 0 fully saturated rings. The number of carbonyl (C=O) groups excluding carboxylic acids is 3. The summed E-state index contributed by atoms with van der Waals surface area (Å²) in [6.07, 6.45) is 79.6. The van der Waals surface area contributed by atoms with Crippen molar-refractivity contribution in [2.24, 2.45) is 0 Å². The summed E-state index contributed by atoms with van der Waals surface area (Å²) < 4.78 is 16.9. The number of esters is 3. The minimum atomic E-state index is -0.786. The first-order chi connectivity index (χ1) is 36.5. The van der Waals surface area contributed by atoms with Crippen LogP contribution in [0.25, 0.3) is 0 Å². The van der Waals surface area contributed by atoms with Crippen molar-refractivity contribution in [2.45, 2.75) is 341 Å². The zero-order valence-electron chi connectivity index (χ0n) is 49.4. The van der Waals surface area contributed by atoms with Crippen molar-refractivity contribution in [2.75, 3.05) is 13.2 Å². The second kappa shape index (κ2) is 62.6. The molecule has 0 aromatic carbocycles. The fraction of sp³-hybridized carbons (Fsp3) is 0.809. The van der Waals surface area contributed by atoms with E-state index in [9.17, 15) is 14.4 Å². The molecular formula is C68H122O6. The molecule has 1 atom stereocenters. The summed E-state index contributed by atoms with van der Waals surface area (Å²) in [5.41, 5.74) is 0. The number of hydrogen-bond donors (Lipinski definition) is 0. The molecular weight excluding hydrogens is 913 g/mol. The average Bonchev–Trinajstić information content (AvgIpc) is 3.40. The average molecular weight is 1040 g/mol. The van der Waals surface area contributed by atoms with Crippen molar-refractivity contribution in [3.63, 3.8) is 0 Å². The molecule has 6 heteroatoms. The number of unbranched alkanes of at least 4 members (excludes halogenated alkanes) is 38. The van der Waals surface area contributed by atoms with Gasteiger partial charge in [0.25, 0.3) is 0 Å². The van der Waals surface area contributed by atoms with Gasteiger partial charge in [-0.3, -0.25) is 14.4 Å². The van der Waals surface area contributed by atoms with Crippen LogP contribution in [0.5, 0.6) is 0 Å². The summed E-state index contributed by atoms with van der Waals surface area (Å²) in [6.45, 7) is 6.55. The van der Waals surface area contributed by atoms with Gasteiger partial charge in [0.05, 0.1) is 0 Å². The summed E-state index contributed by atoms with van der Waals surface area (Å²) >= 11 is 0. The van der Waals surface area contributed by atoms with E-state index in [0.29, 0.717) is 19.3 Å². The van der Waals surface area contributed by atoms with Crippen molar-refractivity contribution in [1.29, 1.82) is 0 Å². The Morgan fingerprint density at radius 3 is 0.851 bits per heavy atom. The van der Waals surface area contributed by atoms with E-state index in [1.54, 1.807) is 0 Å². The van der Waals surface area contributed by atoms with Gasteiger partial charge in [-0.15, -0.1) is 0 Å². The molecule has 0 bridgehead atoms. The van der Waals surface area contributed by atoms with Crippen molar-refractivity contribution in [1.82, 2.24) is 0 Å². The van der Waals surface area contributed by atoms with Crippen LogP contribution in [-0.2, 0) is 28.6 Å². The summed E-state index contributed by atoms with van der Waals surface area (Å²) in [4.78, 5) is 38.2. The summed E-state index contributed by atoms with van der Waals surface area (Å²) in [7, 11) is 0. The van der Waals surface area contributed by atoms with Crippen LogP contribution >= 0.6 is 0 Å². The zero-order valence-corrected chi connectivity index (χ0v) is 49.4. The third-order valence-corrected chi connectivity index (χ3v) is 14.2. The van der Waals surface area contributed by atoms with Crippen LogP contribution in [0.1, 0.15) is 335 Å². The topological polar surface area (TPSA) is 78.9 Å². The molecule has 0 spiro atoms. The van der Waals surface area contributed by atoms with Gasteiger partial charge in [-0.2, -0.15) is 0 Å². The Labute approximate surface area is 460 Å². The number of rotatable bonds is 59. The zero-order chi connectivity index (χ0) is 53.6. The van der Waals surface area contributed by atoms with E-state index in [1.807, 2.05) is 0 Å². The van der Waals surface area contributed by atoms with Crippen LogP contribution in [0.3, 0.4) is 0 Å². The SMILES string of the molecule is CCC/C=C\C/C=C\CCCCCCCC(=O)OCC(COC(=O)CCCCCCCCCCCCCCCCCCC/C=C\CCCCCCCCCC)OC(=O)CCCCCCC/C=C\C/C=C\CCCC. The van der Waals surface area contributed by atoms with Crippen LogP contribution in [0.4, 0.5) is 0 Å². The Morgan fingerprint density at radius 2 is 0.527 bits per heavy atom. The minimum Gasteiger partial charge on any atom is -0.462 e. The molecule has 0 aromatic rings. The van der Waals surface area contributed by atoms with Crippen molar-refractivity contribution >= 4 is 17.9 Å². The highest BCUT2D eigenvalue weighted by Crippen LogP contribution is 2.17. The lowest BCUT2D eigenvalue weighted by Crippen LogP contribution is -2.30. The summed E-state index contributed by atoms with van der Waals surface area (Å²) in [6, 6.07) is 0. The maximum absolute atomic E-state index is 12.9. The monoisotopic (exact) mass is 1030 g/mol. The number of ether oxygens (including phenoxy) is 3. The third-order valence-electron chi connectivity index (χ3n) is 14.2. The Morgan fingerprint density at radius 1 is 0.270 bits per heavy atom. The summed E-state index contributed by atoms with van der Waals surface area (Å²) in [5, 5.41) is 0. The lowest BCUT2D eigenvalue weighted by atomic mass is 10.0.